The van der Waals surface area contributed by atoms with Gasteiger partial charge in [-0.1, -0.05) is 37.6 Å². The number of hydrogen-bond acceptors (Lipinski definition) is 2. The Bertz CT molecular complexity index is 489. The van der Waals surface area contributed by atoms with Crippen LogP contribution in [0.25, 0.3) is 10.8 Å². The molecule has 0 aliphatic heterocycles. The van der Waals surface area contributed by atoms with E-state index < -0.39 is 0 Å². The topological polar surface area (TPSA) is 52.0 Å². The van der Waals surface area contributed by atoms with Crippen molar-refractivity contribution < 1.29 is 0 Å². The van der Waals surface area contributed by atoms with Crippen molar-refractivity contribution in [3.05, 3.63) is 35.9 Å². The van der Waals surface area contributed by atoms with Gasteiger partial charge < -0.3 is 11.5 Å². The molecule has 4 N–H and O–H groups in total. The summed E-state index contributed by atoms with van der Waals surface area (Å²) in [4.78, 5) is 0. The first-order chi connectivity index (χ1) is 7.24. The fourth-order valence-corrected chi connectivity index (χ4v) is 1.93. The molecule has 15 heavy (non-hydrogen) atoms. The lowest BCUT2D eigenvalue weighted by Crippen LogP contribution is -2.00. The van der Waals surface area contributed by atoms with Crippen LogP contribution in [0.15, 0.2) is 30.3 Å². The van der Waals surface area contributed by atoms with Crippen LogP contribution in [-0.2, 0) is 6.42 Å². The second-order valence-corrected chi connectivity index (χ2v) is 3.83. The SMILES string of the molecule is CCCc1cc2ccccc2c(N)c1N. The Kier molecular flexibility index (Phi) is 2.50. The first-order valence-electron chi connectivity index (χ1n) is 5.29. The lowest BCUT2D eigenvalue weighted by atomic mass is 10.00. The van der Waals surface area contributed by atoms with Gasteiger partial charge >= 0.3 is 0 Å². The predicted molar refractivity (Wildman–Crippen MR) is 66.8 cm³/mol. The van der Waals surface area contributed by atoms with Crippen LogP contribution in [0.1, 0.15) is 18.9 Å². The van der Waals surface area contributed by atoms with Crippen molar-refractivity contribution in [3.8, 4) is 0 Å². The summed E-state index contributed by atoms with van der Waals surface area (Å²) in [6.07, 6.45) is 2.07. The Balaban J connectivity index is 2.71. The van der Waals surface area contributed by atoms with Crippen LogP contribution in [0, 0.1) is 0 Å². The first kappa shape index (κ1) is 9.84. The van der Waals surface area contributed by atoms with Crippen molar-refractivity contribution in [2.45, 2.75) is 19.8 Å². The van der Waals surface area contributed by atoms with Gasteiger partial charge in [-0.3, -0.25) is 0 Å². The van der Waals surface area contributed by atoms with Gasteiger partial charge in [-0.05, 0) is 23.4 Å². The average Bonchev–Trinajstić information content (AvgIpc) is 2.26. The molecule has 2 aromatic rings. The van der Waals surface area contributed by atoms with E-state index in [1.165, 1.54) is 5.39 Å². The molecule has 0 aliphatic rings. The summed E-state index contributed by atoms with van der Waals surface area (Å²) in [5.74, 6) is 0. The molecule has 0 radical (unpaired) electrons. The standard InChI is InChI=1S/C13H16N2/c1-2-5-10-8-9-6-3-4-7-11(9)13(15)12(10)14/h3-4,6-8H,2,5,14-15H2,1H3. The minimum absolute atomic E-state index is 0.719. The van der Waals surface area contributed by atoms with Gasteiger partial charge in [0, 0.05) is 5.39 Å². The minimum Gasteiger partial charge on any atom is -0.397 e. The largest absolute Gasteiger partial charge is 0.397 e. The van der Waals surface area contributed by atoms with Gasteiger partial charge in [-0.2, -0.15) is 0 Å². The van der Waals surface area contributed by atoms with Gasteiger partial charge in [0.05, 0.1) is 11.4 Å². The molecule has 2 heteroatoms. The summed E-state index contributed by atoms with van der Waals surface area (Å²) in [5, 5.41) is 2.22. The Morgan fingerprint density at radius 3 is 2.53 bits per heavy atom. The van der Waals surface area contributed by atoms with Gasteiger partial charge in [0.2, 0.25) is 0 Å². The second kappa shape index (κ2) is 3.81. The predicted octanol–water partition coefficient (Wildman–Crippen LogP) is 2.96. The molecule has 0 aromatic heterocycles. The highest BCUT2D eigenvalue weighted by molar-refractivity contribution is 5.99. The second-order valence-electron chi connectivity index (χ2n) is 3.83. The maximum atomic E-state index is 6.02. The molecule has 0 amide bonds. The number of anilines is 2. The van der Waals surface area contributed by atoms with E-state index in [2.05, 4.69) is 19.1 Å². The van der Waals surface area contributed by atoms with Crippen molar-refractivity contribution in [2.24, 2.45) is 0 Å². The van der Waals surface area contributed by atoms with E-state index in [0.29, 0.717) is 0 Å². The van der Waals surface area contributed by atoms with Crippen LogP contribution >= 0.6 is 0 Å². The number of aryl methyl sites for hydroxylation is 1. The molecule has 2 aromatic carbocycles. The summed E-state index contributed by atoms with van der Waals surface area (Å²) < 4.78 is 0. The number of fused-ring (bicyclic) bond motifs is 1. The number of nitrogen functional groups attached to an aromatic ring is 2. The maximum absolute atomic E-state index is 6.02. The summed E-state index contributed by atoms with van der Waals surface area (Å²) >= 11 is 0. The van der Waals surface area contributed by atoms with E-state index in [-0.39, 0.29) is 0 Å². The van der Waals surface area contributed by atoms with Crippen molar-refractivity contribution in [1.82, 2.24) is 0 Å². The number of rotatable bonds is 2. The third kappa shape index (κ3) is 1.63. The van der Waals surface area contributed by atoms with E-state index in [0.717, 1.165) is 35.2 Å². The molecule has 2 rings (SSSR count). The monoisotopic (exact) mass is 200 g/mol. The summed E-state index contributed by atoms with van der Waals surface area (Å²) in [5.41, 5.74) is 14.7. The van der Waals surface area contributed by atoms with Crippen molar-refractivity contribution >= 4 is 22.1 Å². The molecular weight excluding hydrogens is 184 g/mol. The molecule has 0 aliphatic carbocycles. The molecule has 2 nitrogen and oxygen atoms in total. The van der Waals surface area contributed by atoms with Crippen LogP contribution in [0.3, 0.4) is 0 Å². The lowest BCUT2D eigenvalue weighted by molar-refractivity contribution is 0.926. The third-order valence-electron chi connectivity index (χ3n) is 2.74. The summed E-state index contributed by atoms with van der Waals surface area (Å²) in [6.45, 7) is 2.14. The highest BCUT2D eigenvalue weighted by Crippen LogP contribution is 2.30. The fraction of sp³-hybridized carbons (Fsp3) is 0.231. The minimum atomic E-state index is 0.719. The summed E-state index contributed by atoms with van der Waals surface area (Å²) in [6, 6.07) is 10.2. The third-order valence-corrected chi connectivity index (χ3v) is 2.74. The first-order valence-corrected chi connectivity index (χ1v) is 5.29. The van der Waals surface area contributed by atoms with Crippen molar-refractivity contribution in [2.75, 3.05) is 11.5 Å². The molecule has 0 unspecified atom stereocenters. The Labute approximate surface area is 89.9 Å². The molecule has 0 atom stereocenters. The molecule has 78 valence electrons. The molecule has 0 heterocycles. The van der Waals surface area contributed by atoms with Crippen molar-refractivity contribution in [1.29, 1.82) is 0 Å². The van der Waals surface area contributed by atoms with Gasteiger partial charge in [-0.25, -0.2) is 0 Å². The van der Waals surface area contributed by atoms with E-state index >= 15 is 0 Å². The number of benzene rings is 2. The van der Waals surface area contributed by atoms with Crippen molar-refractivity contribution in [3.63, 3.8) is 0 Å². The molecular formula is C13H16N2. The van der Waals surface area contributed by atoms with Gasteiger partial charge in [-0.15, -0.1) is 0 Å². The Morgan fingerprint density at radius 1 is 1.07 bits per heavy atom. The highest BCUT2D eigenvalue weighted by atomic mass is 14.7. The lowest BCUT2D eigenvalue weighted by Gasteiger charge is -2.11. The average molecular weight is 200 g/mol. The van der Waals surface area contributed by atoms with E-state index in [9.17, 15) is 0 Å². The summed E-state index contributed by atoms with van der Waals surface area (Å²) in [7, 11) is 0. The van der Waals surface area contributed by atoms with E-state index in [1.807, 2.05) is 18.2 Å². The van der Waals surface area contributed by atoms with E-state index in [1.54, 1.807) is 0 Å². The zero-order valence-corrected chi connectivity index (χ0v) is 8.96. The van der Waals surface area contributed by atoms with Gasteiger partial charge in [0.15, 0.2) is 0 Å². The van der Waals surface area contributed by atoms with Gasteiger partial charge in [0.25, 0.3) is 0 Å². The quantitative estimate of drug-likeness (QED) is 0.732. The van der Waals surface area contributed by atoms with Crippen LogP contribution in [-0.4, -0.2) is 0 Å². The molecule has 0 bridgehead atoms. The van der Waals surface area contributed by atoms with Crippen LogP contribution in [0.5, 0.6) is 0 Å². The number of hydrogen-bond donors (Lipinski definition) is 2. The van der Waals surface area contributed by atoms with Crippen LogP contribution < -0.4 is 11.5 Å². The molecule has 0 spiro atoms. The normalized spacial score (nSPS) is 10.7. The molecule has 0 saturated carbocycles. The van der Waals surface area contributed by atoms with Crippen LogP contribution in [0.4, 0.5) is 11.4 Å². The van der Waals surface area contributed by atoms with Crippen LogP contribution in [0.2, 0.25) is 0 Å². The fourth-order valence-electron chi connectivity index (χ4n) is 1.93. The molecule has 0 fully saturated rings. The van der Waals surface area contributed by atoms with E-state index in [4.69, 9.17) is 11.5 Å². The highest BCUT2D eigenvalue weighted by Gasteiger charge is 2.06. The zero-order valence-electron chi connectivity index (χ0n) is 8.96. The Hall–Kier alpha value is -1.70. The number of nitrogens with two attached hydrogens (primary N) is 2. The smallest absolute Gasteiger partial charge is 0.0630 e. The molecule has 0 saturated heterocycles. The zero-order chi connectivity index (χ0) is 10.8. The maximum Gasteiger partial charge on any atom is 0.0630 e. The van der Waals surface area contributed by atoms with Gasteiger partial charge in [0.1, 0.15) is 0 Å². The Morgan fingerprint density at radius 2 is 1.80 bits per heavy atom.